The molecule has 0 bridgehead atoms. The Morgan fingerprint density at radius 3 is 2.77 bits per heavy atom. The summed E-state index contributed by atoms with van der Waals surface area (Å²) in [5.41, 5.74) is 7.07. The minimum Gasteiger partial charge on any atom is -0.463 e. The molecule has 1 aromatic carbocycles. The number of rotatable bonds is 3. The second kappa shape index (κ2) is 6.67. The van der Waals surface area contributed by atoms with E-state index in [0.717, 1.165) is 10.0 Å². The lowest BCUT2D eigenvalue weighted by Crippen LogP contribution is -2.25. The number of hydrogen-bond donors (Lipinski definition) is 1. The SMILES string of the molecule is CCOC(=O)C1=C(C)OC(N)=C(C#N)[C@@H]1c1ccccc1Br. The summed E-state index contributed by atoms with van der Waals surface area (Å²) in [6, 6.07) is 9.40. The smallest absolute Gasteiger partial charge is 0.338 e. The molecule has 22 heavy (non-hydrogen) atoms. The van der Waals surface area contributed by atoms with Gasteiger partial charge >= 0.3 is 5.97 Å². The lowest BCUT2D eigenvalue weighted by molar-refractivity contribution is -0.139. The zero-order chi connectivity index (χ0) is 16.3. The lowest BCUT2D eigenvalue weighted by Gasteiger charge is -2.27. The van der Waals surface area contributed by atoms with Gasteiger partial charge in [0.05, 0.1) is 18.1 Å². The highest BCUT2D eigenvalue weighted by atomic mass is 79.9. The number of esters is 1. The van der Waals surface area contributed by atoms with Crippen LogP contribution in [0.15, 0.2) is 51.5 Å². The van der Waals surface area contributed by atoms with Crippen LogP contribution in [0.4, 0.5) is 0 Å². The molecule has 0 unspecified atom stereocenters. The molecule has 2 N–H and O–H groups in total. The van der Waals surface area contributed by atoms with E-state index in [2.05, 4.69) is 15.9 Å². The van der Waals surface area contributed by atoms with E-state index in [0.29, 0.717) is 11.3 Å². The number of nitriles is 1. The Labute approximate surface area is 137 Å². The Hall–Kier alpha value is -2.26. The van der Waals surface area contributed by atoms with Crippen molar-refractivity contribution < 1.29 is 14.3 Å². The predicted molar refractivity (Wildman–Crippen MR) is 84.1 cm³/mol. The van der Waals surface area contributed by atoms with E-state index in [1.54, 1.807) is 13.8 Å². The van der Waals surface area contributed by atoms with Crippen LogP contribution in [0.2, 0.25) is 0 Å². The van der Waals surface area contributed by atoms with E-state index in [1.807, 2.05) is 30.3 Å². The largest absolute Gasteiger partial charge is 0.463 e. The fourth-order valence-electron chi connectivity index (χ4n) is 2.38. The minimum absolute atomic E-state index is 0.00815. The minimum atomic E-state index is -0.617. The van der Waals surface area contributed by atoms with Crippen molar-refractivity contribution in [2.75, 3.05) is 6.61 Å². The number of halogens is 1. The van der Waals surface area contributed by atoms with E-state index in [4.69, 9.17) is 15.2 Å². The third-order valence-electron chi connectivity index (χ3n) is 3.32. The van der Waals surface area contributed by atoms with E-state index in [1.165, 1.54) is 0 Å². The molecule has 1 aromatic rings. The first-order valence-electron chi connectivity index (χ1n) is 6.71. The van der Waals surface area contributed by atoms with Crippen molar-refractivity contribution in [1.82, 2.24) is 0 Å². The molecule has 0 saturated carbocycles. The third kappa shape index (κ3) is 2.85. The number of ether oxygens (including phenoxy) is 2. The highest BCUT2D eigenvalue weighted by Gasteiger charge is 2.37. The molecular formula is C16H15BrN2O3. The summed E-state index contributed by atoms with van der Waals surface area (Å²) in [4.78, 5) is 12.3. The van der Waals surface area contributed by atoms with Gasteiger partial charge in [0, 0.05) is 4.47 Å². The van der Waals surface area contributed by atoms with Crippen LogP contribution in [0.3, 0.4) is 0 Å². The van der Waals surface area contributed by atoms with Gasteiger partial charge in [0.15, 0.2) is 0 Å². The Balaban J connectivity index is 2.65. The highest BCUT2D eigenvalue weighted by Crippen LogP contribution is 2.41. The summed E-state index contributed by atoms with van der Waals surface area (Å²) in [7, 11) is 0. The van der Waals surface area contributed by atoms with Gasteiger partial charge in [0.2, 0.25) is 5.88 Å². The van der Waals surface area contributed by atoms with Crippen molar-refractivity contribution in [3.63, 3.8) is 0 Å². The summed E-state index contributed by atoms with van der Waals surface area (Å²) < 4.78 is 11.2. The molecule has 0 saturated heterocycles. The van der Waals surface area contributed by atoms with Crippen molar-refractivity contribution in [2.45, 2.75) is 19.8 Å². The highest BCUT2D eigenvalue weighted by molar-refractivity contribution is 9.10. The van der Waals surface area contributed by atoms with Gasteiger partial charge in [0.1, 0.15) is 17.4 Å². The zero-order valence-corrected chi connectivity index (χ0v) is 13.8. The standard InChI is InChI=1S/C16H15BrN2O3/c1-3-21-16(20)13-9(2)22-15(19)11(8-18)14(13)10-6-4-5-7-12(10)17/h4-7,14H,3,19H2,1-2H3/t14-/m0/s1. The molecule has 0 aromatic heterocycles. The van der Waals surface area contributed by atoms with E-state index >= 15 is 0 Å². The van der Waals surface area contributed by atoms with Crippen LogP contribution >= 0.6 is 15.9 Å². The Kier molecular flexibility index (Phi) is 4.88. The number of benzene rings is 1. The van der Waals surface area contributed by atoms with E-state index < -0.39 is 11.9 Å². The van der Waals surface area contributed by atoms with Gasteiger partial charge in [-0.3, -0.25) is 0 Å². The first kappa shape index (κ1) is 16.1. The predicted octanol–water partition coefficient (Wildman–Crippen LogP) is 3.09. The maximum absolute atomic E-state index is 12.3. The normalized spacial score (nSPS) is 17.8. The molecule has 1 aliphatic rings. The fraction of sp³-hybridized carbons (Fsp3) is 0.250. The molecule has 0 radical (unpaired) electrons. The number of hydrogen-bond acceptors (Lipinski definition) is 5. The van der Waals surface area contributed by atoms with Gasteiger partial charge in [0.25, 0.3) is 0 Å². The molecule has 1 aliphatic heterocycles. The van der Waals surface area contributed by atoms with Crippen LogP contribution in [0.1, 0.15) is 25.3 Å². The average Bonchev–Trinajstić information content (AvgIpc) is 2.47. The molecule has 1 heterocycles. The van der Waals surface area contributed by atoms with Crippen molar-refractivity contribution in [2.24, 2.45) is 5.73 Å². The van der Waals surface area contributed by atoms with E-state index in [9.17, 15) is 10.1 Å². The topological polar surface area (TPSA) is 85.3 Å². The summed E-state index contributed by atoms with van der Waals surface area (Å²) in [6.45, 7) is 3.59. The molecule has 1 atom stereocenters. The first-order valence-corrected chi connectivity index (χ1v) is 7.50. The van der Waals surface area contributed by atoms with Crippen molar-refractivity contribution in [3.8, 4) is 6.07 Å². The summed E-state index contributed by atoms with van der Waals surface area (Å²) in [5.74, 6) is -0.779. The first-order chi connectivity index (χ1) is 10.5. The fourth-order valence-corrected chi connectivity index (χ4v) is 2.89. The number of allylic oxidation sites excluding steroid dienone is 2. The molecule has 2 rings (SSSR count). The Bertz CT molecular complexity index is 716. The van der Waals surface area contributed by atoms with Crippen LogP contribution in [0, 0.1) is 11.3 Å². The Morgan fingerprint density at radius 2 is 2.18 bits per heavy atom. The van der Waals surface area contributed by atoms with Gasteiger partial charge in [-0.25, -0.2) is 4.79 Å². The molecule has 114 valence electrons. The molecule has 5 nitrogen and oxygen atoms in total. The van der Waals surface area contributed by atoms with E-state index in [-0.39, 0.29) is 18.1 Å². The van der Waals surface area contributed by atoms with Gasteiger partial charge in [-0.05, 0) is 25.5 Å². The van der Waals surface area contributed by atoms with Crippen LogP contribution in [-0.4, -0.2) is 12.6 Å². The maximum atomic E-state index is 12.3. The number of carbonyl (C=O) groups is 1. The van der Waals surface area contributed by atoms with Gasteiger partial charge in [-0.2, -0.15) is 5.26 Å². The average molecular weight is 363 g/mol. The van der Waals surface area contributed by atoms with Crippen LogP contribution in [-0.2, 0) is 14.3 Å². The zero-order valence-electron chi connectivity index (χ0n) is 12.2. The maximum Gasteiger partial charge on any atom is 0.338 e. The number of nitrogens with zero attached hydrogens (tertiary/aromatic N) is 1. The van der Waals surface area contributed by atoms with Gasteiger partial charge in [-0.1, -0.05) is 34.1 Å². The van der Waals surface area contributed by atoms with Crippen LogP contribution < -0.4 is 5.73 Å². The Morgan fingerprint density at radius 1 is 1.50 bits per heavy atom. The van der Waals surface area contributed by atoms with Crippen molar-refractivity contribution >= 4 is 21.9 Å². The lowest BCUT2D eigenvalue weighted by atomic mass is 9.83. The van der Waals surface area contributed by atoms with Crippen molar-refractivity contribution in [3.05, 3.63) is 57.1 Å². The molecular weight excluding hydrogens is 348 g/mol. The monoisotopic (exact) mass is 362 g/mol. The van der Waals surface area contributed by atoms with Crippen LogP contribution in [0.5, 0.6) is 0 Å². The second-order valence-corrected chi connectivity index (χ2v) is 5.49. The van der Waals surface area contributed by atoms with Crippen molar-refractivity contribution in [1.29, 1.82) is 5.26 Å². The summed E-state index contributed by atoms with van der Waals surface area (Å²) >= 11 is 3.46. The summed E-state index contributed by atoms with van der Waals surface area (Å²) in [5, 5.41) is 9.44. The summed E-state index contributed by atoms with van der Waals surface area (Å²) in [6.07, 6.45) is 0. The number of carbonyl (C=O) groups excluding carboxylic acids is 1. The van der Waals surface area contributed by atoms with Gasteiger partial charge in [-0.15, -0.1) is 0 Å². The molecule has 0 amide bonds. The third-order valence-corrected chi connectivity index (χ3v) is 4.04. The second-order valence-electron chi connectivity index (χ2n) is 4.64. The quantitative estimate of drug-likeness (QED) is 0.835. The number of nitrogens with two attached hydrogens (primary N) is 1. The molecule has 0 aliphatic carbocycles. The van der Waals surface area contributed by atoms with Crippen LogP contribution in [0.25, 0.3) is 0 Å². The molecule has 0 spiro atoms. The molecule has 0 fully saturated rings. The molecule has 6 heteroatoms. The van der Waals surface area contributed by atoms with Gasteiger partial charge < -0.3 is 15.2 Å².